The predicted molar refractivity (Wildman–Crippen MR) is 51.8 cm³/mol. The molecule has 2 rings (SSSR count). The molecule has 0 aromatic heterocycles. The summed E-state index contributed by atoms with van der Waals surface area (Å²) in [6.07, 6.45) is -2.45. The highest BCUT2D eigenvalue weighted by molar-refractivity contribution is 5.82. The molecule has 0 bridgehead atoms. The van der Waals surface area contributed by atoms with Crippen molar-refractivity contribution in [2.45, 2.75) is 31.5 Å². The van der Waals surface area contributed by atoms with Gasteiger partial charge in [-0.25, -0.2) is 0 Å². The third kappa shape index (κ3) is 2.66. The van der Waals surface area contributed by atoms with Crippen molar-refractivity contribution in [1.82, 2.24) is 10.2 Å². The largest absolute Gasteiger partial charge is 0.471 e. The fourth-order valence-electron chi connectivity index (χ4n) is 2.10. The zero-order valence-electron chi connectivity index (χ0n) is 8.89. The van der Waals surface area contributed by atoms with E-state index < -0.39 is 12.1 Å². The van der Waals surface area contributed by atoms with Gasteiger partial charge in [0.25, 0.3) is 0 Å². The molecule has 1 atom stereocenters. The Hall–Kier alpha value is -0.780. The summed E-state index contributed by atoms with van der Waals surface area (Å²) in [6, 6.07) is -0.172. The van der Waals surface area contributed by atoms with Gasteiger partial charge in [0.05, 0.1) is 0 Å². The number of hydrogen-bond donors (Lipinski definition) is 1. The average molecular weight is 236 g/mol. The molecular formula is C10H15F3N2O. The van der Waals surface area contributed by atoms with Crippen LogP contribution in [0.1, 0.15) is 19.3 Å². The third-order valence-electron chi connectivity index (χ3n) is 3.11. The van der Waals surface area contributed by atoms with Crippen LogP contribution in [0, 0.1) is 5.92 Å². The van der Waals surface area contributed by atoms with Crippen molar-refractivity contribution in [3.05, 3.63) is 0 Å². The van der Waals surface area contributed by atoms with Crippen molar-refractivity contribution in [2.75, 3.05) is 19.6 Å². The van der Waals surface area contributed by atoms with E-state index in [0.717, 1.165) is 17.9 Å². The maximum atomic E-state index is 12.4. The second-order valence-electron chi connectivity index (χ2n) is 4.55. The van der Waals surface area contributed by atoms with Crippen LogP contribution in [0.4, 0.5) is 13.2 Å². The van der Waals surface area contributed by atoms with Crippen LogP contribution < -0.4 is 5.32 Å². The number of nitrogens with one attached hydrogen (secondary N) is 1. The molecular weight excluding hydrogens is 221 g/mol. The monoisotopic (exact) mass is 236 g/mol. The molecule has 0 aromatic carbocycles. The van der Waals surface area contributed by atoms with Crippen molar-refractivity contribution in [3.8, 4) is 0 Å². The number of halogens is 3. The first-order valence-electron chi connectivity index (χ1n) is 5.57. The lowest BCUT2D eigenvalue weighted by Crippen LogP contribution is -2.45. The first kappa shape index (κ1) is 11.7. The number of nitrogens with zero attached hydrogens (tertiary/aromatic N) is 1. The summed E-state index contributed by atoms with van der Waals surface area (Å²) in [5, 5.41) is 3.10. The number of amides is 1. The van der Waals surface area contributed by atoms with Gasteiger partial charge < -0.3 is 10.2 Å². The van der Waals surface area contributed by atoms with E-state index in [1.807, 2.05) is 0 Å². The van der Waals surface area contributed by atoms with E-state index in [-0.39, 0.29) is 18.5 Å². The van der Waals surface area contributed by atoms with Crippen molar-refractivity contribution in [3.63, 3.8) is 0 Å². The lowest BCUT2D eigenvalue weighted by molar-refractivity contribution is -0.186. The van der Waals surface area contributed by atoms with Gasteiger partial charge in [0, 0.05) is 12.6 Å². The highest BCUT2D eigenvalue weighted by atomic mass is 19.4. The maximum absolute atomic E-state index is 12.4. The minimum atomic E-state index is -4.73. The molecule has 16 heavy (non-hydrogen) atoms. The Kier molecular flexibility index (Phi) is 3.10. The Labute approximate surface area is 92.0 Å². The minimum Gasteiger partial charge on any atom is -0.332 e. The van der Waals surface area contributed by atoms with Crippen LogP contribution in [-0.2, 0) is 4.79 Å². The maximum Gasteiger partial charge on any atom is 0.471 e. The van der Waals surface area contributed by atoms with Crippen molar-refractivity contribution >= 4 is 5.91 Å². The van der Waals surface area contributed by atoms with Crippen LogP contribution in [0.15, 0.2) is 0 Å². The van der Waals surface area contributed by atoms with Crippen LogP contribution >= 0.6 is 0 Å². The van der Waals surface area contributed by atoms with Gasteiger partial charge in [-0.15, -0.1) is 0 Å². The van der Waals surface area contributed by atoms with Gasteiger partial charge in [0.2, 0.25) is 0 Å². The summed E-state index contributed by atoms with van der Waals surface area (Å²) in [4.78, 5) is 12.2. The topological polar surface area (TPSA) is 32.3 Å². The zero-order chi connectivity index (χ0) is 11.8. The lowest BCUT2D eigenvalue weighted by atomic mass is 10.1. The van der Waals surface area contributed by atoms with E-state index in [9.17, 15) is 18.0 Å². The molecule has 1 saturated carbocycles. The van der Waals surface area contributed by atoms with Gasteiger partial charge in [-0.2, -0.15) is 13.2 Å². The number of carbonyl (C=O) groups is 1. The van der Waals surface area contributed by atoms with Crippen molar-refractivity contribution in [1.29, 1.82) is 0 Å². The molecule has 2 fully saturated rings. The molecule has 0 spiro atoms. The fourth-order valence-corrected chi connectivity index (χ4v) is 2.10. The van der Waals surface area contributed by atoms with Crippen molar-refractivity contribution < 1.29 is 18.0 Å². The molecule has 6 heteroatoms. The van der Waals surface area contributed by atoms with E-state index >= 15 is 0 Å². The minimum absolute atomic E-state index is 0.172. The normalized spacial score (nSPS) is 25.8. The molecule has 1 saturated heterocycles. The van der Waals surface area contributed by atoms with E-state index in [1.54, 1.807) is 0 Å². The molecule has 0 aromatic rings. The van der Waals surface area contributed by atoms with Crippen LogP contribution in [0.25, 0.3) is 0 Å². The second-order valence-corrected chi connectivity index (χ2v) is 4.55. The molecule has 0 radical (unpaired) electrons. The van der Waals surface area contributed by atoms with E-state index in [4.69, 9.17) is 0 Å². The van der Waals surface area contributed by atoms with Gasteiger partial charge in [-0.05, 0) is 38.3 Å². The molecule has 1 heterocycles. The third-order valence-corrected chi connectivity index (χ3v) is 3.11. The smallest absolute Gasteiger partial charge is 0.332 e. The Morgan fingerprint density at radius 3 is 2.44 bits per heavy atom. The van der Waals surface area contributed by atoms with Gasteiger partial charge in [0.15, 0.2) is 0 Å². The van der Waals surface area contributed by atoms with Gasteiger partial charge in [-0.1, -0.05) is 0 Å². The molecule has 1 N–H and O–H groups in total. The van der Waals surface area contributed by atoms with Gasteiger partial charge in [0.1, 0.15) is 0 Å². The number of alkyl halides is 3. The van der Waals surface area contributed by atoms with Crippen LogP contribution in [0.5, 0.6) is 0 Å². The average Bonchev–Trinajstić information content (AvgIpc) is 2.90. The predicted octanol–water partition coefficient (Wildman–Crippen LogP) is 1.15. The van der Waals surface area contributed by atoms with Gasteiger partial charge in [-0.3, -0.25) is 4.79 Å². The summed E-state index contributed by atoms with van der Waals surface area (Å²) in [5.74, 6) is -1.49. The Morgan fingerprint density at radius 1 is 1.31 bits per heavy atom. The summed E-state index contributed by atoms with van der Waals surface area (Å²) in [5.41, 5.74) is 0. The SMILES string of the molecule is O=C(N(CC1CCNC1)C1CC1)C(F)(F)F. The molecule has 1 aliphatic heterocycles. The number of rotatable bonds is 3. The zero-order valence-corrected chi connectivity index (χ0v) is 8.89. The number of carbonyl (C=O) groups excluding carboxylic acids is 1. The van der Waals surface area contributed by atoms with E-state index in [2.05, 4.69) is 5.32 Å². The van der Waals surface area contributed by atoms with Crippen LogP contribution in [0.3, 0.4) is 0 Å². The molecule has 1 unspecified atom stereocenters. The molecule has 1 amide bonds. The Bertz CT molecular complexity index is 270. The van der Waals surface area contributed by atoms with Crippen molar-refractivity contribution in [2.24, 2.45) is 5.92 Å². The summed E-state index contributed by atoms with van der Waals surface area (Å²) in [7, 11) is 0. The molecule has 3 nitrogen and oxygen atoms in total. The Morgan fingerprint density at radius 2 is 2.00 bits per heavy atom. The second kappa shape index (κ2) is 4.24. The molecule has 92 valence electrons. The molecule has 1 aliphatic carbocycles. The highest BCUT2D eigenvalue weighted by Crippen LogP contribution is 2.32. The van der Waals surface area contributed by atoms with Crippen LogP contribution in [0.2, 0.25) is 0 Å². The molecule has 2 aliphatic rings. The quantitative estimate of drug-likeness (QED) is 0.797. The summed E-state index contributed by atoms with van der Waals surface area (Å²) >= 11 is 0. The van der Waals surface area contributed by atoms with E-state index in [0.29, 0.717) is 19.4 Å². The standard InChI is InChI=1S/C10H15F3N2O/c11-10(12,13)9(16)15(8-1-2-8)6-7-3-4-14-5-7/h7-8,14H,1-6H2. The Balaban J connectivity index is 1.96. The summed E-state index contributed by atoms with van der Waals surface area (Å²) < 4.78 is 37.1. The number of hydrogen-bond acceptors (Lipinski definition) is 2. The van der Waals surface area contributed by atoms with E-state index in [1.165, 1.54) is 0 Å². The van der Waals surface area contributed by atoms with Crippen LogP contribution in [-0.4, -0.2) is 42.7 Å². The summed E-state index contributed by atoms with van der Waals surface area (Å²) in [6.45, 7) is 1.80. The lowest BCUT2D eigenvalue weighted by Gasteiger charge is -2.26. The fraction of sp³-hybridized carbons (Fsp3) is 0.900. The highest BCUT2D eigenvalue weighted by Gasteiger charge is 2.47. The first-order chi connectivity index (χ1) is 7.48. The van der Waals surface area contributed by atoms with Gasteiger partial charge >= 0.3 is 12.1 Å². The first-order valence-corrected chi connectivity index (χ1v) is 5.57.